The SMILES string of the molecule is CN1CCN(C(=O)c2cc[nH]c2C2CC2)C(C)(C)C1. The Hall–Kier alpha value is -1.29. The molecule has 19 heavy (non-hydrogen) atoms. The van der Waals surface area contributed by atoms with Crippen molar-refractivity contribution in [2.45, 2.75) is 38.1 Å². The first-order valence-corrected chi connectivity index (χ1v) is 7.17. The Bertz CT molecular complexity index is 487. The van der Waals surface area contributed by atoms with Gasteiger partial charge in [-0.05, 0) is 45.7 Å². The minimum atomic E-state index is -0.0951. The highest BCUT2D eigenvalue weighted by atomic mass is 16.2. The molecule has 1 aromatic rings. The van der Waals surface area contributed by atoms with E-state index in [0.717, 1.165) is 30.9 Å². The van der Waals surface area contributed by atoms with Gasteiger partial charge in [0.15, 0.2) is 0 Å². The van der Waals surface area contributed by atoms with Crippen molar-refractivity contribution >= 4 is 5.91 Å². The number of aromatic amines is 1. The van der Waals surface area contributed by atoms with Crippen LogP contribution in [-0.2, 0) is 0 Å². The van der Waals surface area contributed by atoms with Crippen LogP contribution in [0.4, 0.5) is 0 Å². The van der Waals surface area contributed by atoms with Crippen molar-refractivity contribution in [1.82, 2.24) is 14.8 Å². The number of hydrogen-bond acceptors (Lipinski definition) is 2. The van der Waals surface area contributed by atoms with Gasteiger partial charge in [-0.15, -0.1) is 0 Å². The number of piperazine rings is 1. The van der Waals surface area contributed by atoms with Crippen molar-refractivity contribution in [3.63, 3.8) is 0 Å². The molecule has 3 rings (SSSR count). The number of likely N-dealkylation sites (N-methyl/N-ethyl adjacent to an activating group) is 1. The van der Waals surface area contributed by atoms with Crippen LogP contribution in [0.5, 0.6) is 0 Å². The second-order valence-electron chi connectivity index (χ2n) is 6.59. The van der Waals surface area contributed by atoms with Gasteiger partial charge in [0.2, 0.25) is 0 Å². The van der Waals surface area contributed by atoms with Crippen LogP contribution in [0.1, 0.15) is 48.7 Å². The molecule has 1 N–H and O–H groups in total. The monoisotopic (exact) mass is 261 g/mol. The van der Waals surface area contributed by atoms with E-state index >= 15 is 0 Å². The number of hydrogen-bond donors (Lipinski definition) is 1. The van der Waals surface area contributed by atoms with Gasteiger partial charge in [-0.2, -0.15) is 0 Å². The number of carbonyl (C=O) groups excluding carboxylic acids is 1. The summed E-state index contributed by atoms with van der Waals surface area (Å²) in [5.41, 5.74) is 1.95. The molecule has 104 valence electrons. The van der Waals surface area contributed by atoms with E-state index in [1.54, 1.807) is 0 Å². The summed E-state index contributed by atoms with van der Waals surface area (Å²) in [5, 5.41) is 0. The van der Waals surface area contributed by atoms with Gasteiger partial charge in [0.05, 0.1) is 11.1 Å². The molecule has 2 aliphatic rings. The number of rotatable bonds is 2. The molecule has 1 aliphatic heterocycles. The molecule has 1 saturated carbocycles. The Morgan fingerprint density at radius 3 is 2.74 bits per heavy atom. The summed E-state index contributed by atoms with van der Waals surface area (Å²) in [5.74, 6) is 0.783. The largest absolute Gasteiger partial charge is 0.364 e. The van der Waals surface area contributed by atoms with E-state index in [4.69, 9.17) is 0 Å². The zero-order valence-corrected chi connectivity index (χ0v) is 12.1. The second-order valence-corrected chi connectivity index (χ2v) is 6.59. The molecule has 4 nitrogen and oxygen atoms in total. The lowest BCUT2D eigenvalue weighted by molar-refractivity contribution is 0.0247. The predicted molar refractivity (Wildman–Crippen MR) is 75.4 cm³/mol. The van der Waals surface area contributed by atoms with Crippen LogP contribution in [0.25, 0.3) is 0 Å². The summed E-state index contributed by atoms with van der Waals surface area (Å²) in [6, 6.07) is 1.95. The first kappa shape index (κ1) is 12.7. The van der Waals surface area contributed by atoms with Crippen LogP contribution < -0.4 is 0 Å². The van der Waals surface area contributed by atoms with Crippen LogP contribution in [0.15, 0.2) is 12.3 Å². The number of nitrogens with zero attached hydrogens (tertiary/aromatic N) is 2. The van der Waals surface area contributed by atoms with E-state index in [2.05, 4.69) is 30.8 Å². The lowest BCUT2D eigenvalue weighted by Gasteiger charge is -2.46. The van der Waals surface area contributed by atoms with E-state index in [1.807, 2.05) is 17.2 Å². The molecular weight excluding hydrogens is 238 g/mol. The highest BCUT2D eigenvalue weighted by molar-refractivity contribution is 5.96. The maximum atomic E-state index is 12.8. The third-order valence-corrected chi connectivity index (χ3v) is 4.33. The fourth-order valence-electron chi connectivity index (χ4n) is 3.20. The van der Waals surface area contributed by atoms with Gasteiger partial charge in [0, 0.05) is 31.5 Å². The highest BCUT2D eigenvalue weighted by Crippen LogP contribution is 2.41. The average Bonchev–Trinajstić information content (AvgIpc) is 3.05. The Morgan fingerprint density at radius 2 is 2.11 bits per heavy atom. The van der Waals surface area contributed by atoms with E-state index < -0.39 is 0 Å². The van der Waals surface area contributed by atoms with Gasteiger partial charge in [0.1, 0.15) is 0 Å². The van der Waals surface area contributed by atoms with Gasteiger partial charge < -0.3 is 14.8 Å². The van der Waals surface area contributed by atoms with Crippen LogP contribution >= 0.6 is 0 Å². The fourth-order valence-corrected chi connectivity index (χ4v) is 3.20. The Labute approximate surface area is 114 Å². The lowest BCUT2D eigenvalue weighted by atomic mass is 9.97. The molecule has 0 aromatic carbocycles. The van der Waals surface area contributed by atoms with Gasteiger partial charge in [-0.3, -0.25) is 4.79 Å². The van der Waals surface area contributed by atoms with Crippen LogP contribution in [0, 0.1) is 0 Å². The maximum Gasteiger partial charge on any atom is 0.256 e. The molecule has 0 unspecified atom stereocenters. The smallest absolute Gasteiger partial charge is 0.256 e. The standard InChI is InChI=1S/C15H23N3O/c1-15(2)10-17(3)8-9-18(15)14(19)12-6-7-16-13(12)11-4-5-11/h6-7,11,16H,4-5,8-10H2,1-3H3. The molecule has 4 heteroatoms. The summed E-state index contributed by atoms with van der Waals surface area (Å²) < 4.78 is 0. The van der Waals surface area contributed by atoms with Gasteiger partial charge >= 0.3 is 0 Å². The maximum absolute atomic E-state index is 12.8. The zero-order chi connectivity index (χ0) is 13.6. The molecule has 0 bridgehead atoms. The molecule has 0 radical (unpaired) electrons. The highest BCUT2D eigenvalue weighted by Gasteiger charge is 2.38. The second kappa shape index (κ2) is 4.37. The van der Waals surface area contributed by atoms with Crippen LogP contribution in [-0.4, -0.2) is 52.9 Å². The number of nitrogens with one attached hydrogen (secondary N) is 1. The Kier molecular flexibility index (Phi) is 2.93. The number of carbonyl (C=O) groups is 1. The molecule has 1 aromatic heterocycles. The normalized spacial score (nSPS) is 23.6. The summed E-state index contributed by atoms with van der Waals surface area (Å²) in [6.07, 6.45) is 4.34. The minimum absolute atomic E-state index is 0.0951. The molecule has 0 spiro atoms. The summed E-state index contributed by atoms with van der Waals surface area (Å²) >= 11 is 0. The van der Waals surface area contributed by atoms with E-state index in [9.17, 15) is 4.79 Å². The van der Waals surface area contributed by atoms with E-state index in [0.29, 0.717) is 5.92 Å². The summed E-state index contributed by atoms with van der Waals surface area (Å²) in [4.78, 5) is 20.4. The first-order valence-electron chi connectivity index (χ1n) is 7.17. The number of aromatic nitrogens is 1. The van der Waals surface area contributed by atoms with E-state index in [1.165, 1.54) is 12.8 Å². The third kappa shape index (κ3) is 2.29. The number of amides is 1. The molecular formula is C15H23N3O. The van der Waals surface area contributed by atoms with E-state index in [-0.39, 0.29) is 11.4 Å². The summed E-state index contributed by atoms with van der Waals surface area (Å²) in [6.45, 7) is 7.02. The van der Waals surface area contributed by atoms with Crippen LogP contribution in [0.3, 0.4) is 0 Å². The molecule has 1 amide bonds. The van der Waals surface area contributed by atoms with Crippen molar-refractivity contribution in [3.8, 4) is 0 Å². The Morgan fingerprint density at radius 1 is 1.37 bits per heavy atom. The fraction of sp³-hybridized carbons (Fsp3) is 0.667. The molecule has 2 fully saturated rings. The van der Waals surface area contributed by atoms with Crippen molar-refractivity contribution in [1.29, 1.82) is 0 Å². The van der Waals surface area contributed by atoms with Crippen molar-refractivity contribution in [3.05, 3.63) is 23.5 Å². The van der Waals surface area contributed by atoms with Crippen molar-refractivity contribution in [2.75, 3.05) is 26.7 Å². The van der Waals surface area contributed by atoms with Gasteiger partial charge in [-0.25, -0.2) is 0 Å². The molecule has 1 aliphatic carbocycles. The average molecular weight is 261 g/mol. The zero-order valence-electron chi connectivity index (χ0n) is 12.1. The summed E-state index contributed by atoms with van der Waals surface area (Å²) in [7, 11) is 2.12. The predicted octanol–water partition coefficient (Wildman–Crippen LogP) is 2.06. The topological polar surface area (TPSA) is 39.3 Å². The van der Waals surface area contributed by atoms with Crippen molar-refractivity contribution < 1.29 is 4.79 Å². The quantitative estimate of drug-likeness (QED) is 0.885. The Balaban J connectivity index is 1.84. The third-order valence-electron chi connectivity index (χ3n) is 4.33. The molecule has 1 saturated heterocycles. The first-order chi connectivity index (χ1) is 8.99. The van der Waals surface area contributed by atoms with Gasteiger partial charge in [-0.1, -0.05) is 0 Å². The van der Waals surface area contributed by atoms with Crippen molar-refractivity contribution in [2.24, 2.45) is 0 Å². The minimum Gasteiger partial charge on any atom is -0.364 e. The number of H-pyrrole nitrogens is 1. The lowest BCUT2D eigenvalue weighted by Crippen LogP contribution is -2.60. The van der Waals surface area contributed by atoms with Crippen LogP contribution in [0.2, 0.25) is 0 Å². The van der Waals surface area contributed by atoms with Gasteiger partial charge in [0.25, 0.3) is 5.91 Å². The molecule has 0 atom stereocenters. The molecule has 2 heterocycles.